The number of hydrogen-bond donors (Lipinski definition) is 1. The summed E-state index contributed by atoms with van der Waals surface area (Å²) < 4.78 is 19.5. The molecule has 0 radical (unpaired) electrons. The molecule has 0 unspecified atom stereocenters. The van der Waals surface area contributed by atoms with E-state index in [1.807, 2.05) is 24.3 Å². The molecule has 1 saturated heterocycles. The lowest BCUT2D eigenvalue weighted by molar-refractivity contribution is -0.138. The highest BCUT2D eigenvalue weighted by molar-refractivity contribution is 6.35. The topological polar surface area (TPSA) is 58.2 Å². The van der Waals surface area contributed by atoms with Gasteiger partial charge >= 0.3 is 0 Å². The van der Waals surface area contributed by atoms with Crippen molar-refractivity contribution in [1.29, 1.82) is 0 Å². The maximum Gasteiger partial charge on any atom is 0.228 e. The maximum absolute atomic E-state index is 13.8. The molecule has 2 heterocycles. The number of halogens is 3. The molecule has 1 aliphatic heterocycles. The minimum absolute atomic E-state index is 0.0429. The molecule has 1 atom stereocenters. The predicted molar refractivity (Wildman–Crippen MR) is 101 cm³/mol. The number of aromatic nitrogens is 2. The van der Waals surface area contributed by atoms with Gasteiger partial charge in [0.05, 0.1) is 35.8 Å². The number of hydrogen-bond acceptors (Lipinski definition) is 3. The zero-order valence-corrected chi connectivity index (χ0v) is 15.7. The summed E-state index contributed by atoms with van der Waals surface area (Å²) in [4.78, 5) is 14.5. The molecule has 0 bridgehead atoms. The van der Waals surface area contributed by atoms with Gasteiger partial charge in [-0.05, 0) is 18.2 Å². The largest absolute Gasteiger partial charge is 0.370 e. The third kappa shape index (κ3) is 3.65. The van der Waals surface area contributed by atoms with E-state index in [0.717, 1.165) is 16.6 Å². The van der Waals surface area contributed by atoms with Crippen LogP contribution in [0.2, 0.25) is 10.0 Å². The lowest BCUT2D eigenvalue weighted by Crippen LogP contribution is -2.43. The Morgan fingerprint density at radius 3 is 2.96 bits per heavy atom. The Morgan fingerprint density at radius 1 is 1.30 bits per heavy atom. The van der Waals surface area contributed by atoms with Crippen molar-refractivity contribution in [3.63, 3.8) is 0 Å². The molecule has 4 rings (SSSR count). The monoisotopic (exact) mass is 407 g/mol. The molecule has 3 aromatic rings. The molecule has 0 spiro atoms. The van der Waals surface area contributed by atoms with E-state index in [2.05, 4.69) is 10.2 Å². The van der Waals surface area contributed by atoms with Gasteiger partial charge in [0.15, 0.2) is 0 Å². The molecule has 1 amide bonds. The number of morpholine rings is 1. The number of amides is 1. The summed E-state index contributed by atoms with van der Waals surface area (Å²) >= 11 is 12.0. The number of carbonyl (C=O) groups is 1. The van der Waals surface area contributed by atoms with Crippen LogP contribution in [0.25, 0.3) is 10.9 Å². The summed E-state index contributed by atoms with van der Waals surface area (Å²) in [7, 11) is 0. The van der Waals surface area contributed by atoms with Crippen LogP contribution in [-0.2, 0) is 16.0 Å². The van der Waals surface area contributed by atoms with Crippen molar-refractivity contribution < 1.29 is 13.9 Å². The number of ether oxygens (including phenoxy) is 1. The minimum Gasteiger partial charge on any atom is -0.370 e. The van der Waals surface area contributed by atoms with Crippen molar-refractivity contribution in [2.45, 2.75) is 12.5 Å². The second-order valence-electron chi connectivity index (χ2n) is 6.38. The van der Waals surface area contributed by atoms with Crippen LogP contribution in [-0.4, -0.2) is 40.7 Å². The molecule has 1 aliphatic rings. The van der Waals surface area contributed by atoms with E-state index in [0.29, 0.717) is 30.3 Å². The first-order valence-corrected chi connectivity index (χ1v) is 9.24. The highest BCUT2D eigenvalue weighted by Crippen LogP contribution is 2.32. The summed E-state index contributed by atoms with van der Waals surface area (Å²) in [6.07, 6.45) is -0.295. The van der Waals surface area contributed by atoms with E-state index in [9.17, 15) is 9.18 Å². The van der Waals surface area contributed by atoms with E-state index in [4.69, 9.17) is 27.9 Å². The molecule has 1 N–H and O–H groups in total. The molecule has 27 heavy (non-hydrogen) atoms. The highest BCUT2D eigenvalue weighted by atomic mass is 35.5. The van der Waals surface area contributed by atoms with Gasteiger partial charge in [-0.3, -0.25) is 9.89 Å². The van der Waals surface area contributed by atoms with Gasteiger partial charge in [0.2, 0.25) is 5.91 Å². The molecule has 2 aromatic carbocycles. The van der Waals surface area contributed by atoms with Crippen LogP contribution >= 0.6 is 23.2 Å². The first-order chi connectivity index (χ1) is 13.0. The van der Waals surface area contributed by atoms with Gasteiger partial charge in [-0.1, -0.05) is 41.4 Å². The fourth-order valence-electron chi connectivity index (χ4n) is 3.26. The SMILES string of the molecule is O=C(Cc1[nH]nc2ccccc12)N1CCO[C@@H](c2cc(F)c(Cl)cc2Cl)C1. The summed E-state index contributed by atoms with van der Waals surface area (Å²) in [6, 6.07) is 10.3. The Kier molecular flexibility index (Phi) is 5.04. The van der Waals surface area contributed by atoms with Crippen LogP contribution in [0.5, 0.6) is 0 Å². The van der Waals surface area contributed by atoms with Crippen molar-refractivity contribution in [1.82, 2.24) is 15.1 Å². The average Bonchev–Trinajstić information content (AvgIpc) is 3.08. The molecule has 1 fully saturated rings. The van der Waals surface area contributed by atoms with Crippen LogP contribution < -0.4 is 0 Å². The van der Waals surface area contributed by atoms with Crippen LogP contribution in [0.15, 0.2) is 36.4 Å². The normalized spacial score (nSPS) is 17.4. The van der Waals surface area contributed by atoms with Crippen LogP contribution in [0.3, 0.4) is 0 Å². The van der Waals surface area contributed by atoms with Crippen LogP contribution in [0, 0.1) is 5.82 Å². The molecule has 8 heteroatoms. The van der Waals surface area contributed by atoms with E-state index in [-0.39, 0.29) is 17.4 Å². The second kappa shape index (κ2) is 7.46. The van der Waals surface area contributed by atoms with Crippen molar-refractivity contribution in [2.24, 2.45) is 0 Å². The zero-order chi connectivity index (χ0) is 19.0. The average molecular weight is 408 g/mol. The van der Waals surface area contributed by atoms with E-state index >= 15 is 0 Å². The first kappa shape index (κ1) is 18.2. The third-order valence-electron chi connectivity index (χ3n) is 4.67. The summed E-state index contributed by atoms with van der Waals surface area (Å²) in [5.41, 5.74) is 2.08. The van der Waals surface area contributed by atoms with E-state index < -0.39 is 11.9 Å². The van der Waals surface area contributed by atoms with E-state index in [1.165, 1.54) is 12.1 Å². The number of rotatable bonds is 3. The molecule has 140 valence electrons. The lowest BCUT2D eigenvalue weighted by atomic mass is 10.1. The molecule has 1 aromatic heterocycles. The van der Waals surface area contributed by atoms with Gasteiger partial charge in [0.1, 0.15) is 11.9 Å². The zero-order valence-electron chi connectivity index (χ0n) is 14.2. The number of aromatic amines is 1. The van der Waals surface area contributed by atoms with Crippen molar-refractivity contribution in [2.75, 3.05) is 19.7 Å². The summed E-state index contributed by atoms with van der Waals surface area (Å²) in [5, 5.41) is 8.36. The van der Waals surface area contributed by atoms with Gasteiger partial charge in [-0.25, -0.2) is 4.39 Å². The lowest BCUT2D eigenvalue weighted by Gasteiger charge is -2.33. The molecule has 0 aliphatic carbocycles. The minimum atomic E-state index is -0.563. The van der Waals surface area contributed by atoms with E-state index in [1.54, 1.807) is 4.90 Å². The highest BCUT2D eigenvalue weighted by Gasteiger charge is 2.28. The smallest absolute Gasteiger partial charge is 0.228 e. The Hall–Kier alpha value is -2.15. The Labute approximate surface area is 165 Å². The quantitative estimate of drug-likeness (QED) is 0.663. The fourth-order valence-corrected chi connectivity index (χ4v) is 3.77. The van der Waals surface area contributed by atoms with Crippen molar-refractivity contribution >= 4 is 40.0 Å². The molecular weight excluding hydrogens is 392 g/mol. The van der Waals surface area contributed by atoms with Gasteiger partial charge in [0, 0.05) is 22.5 Å². The van der Waals surface area contributed by atoms with Gasteiger partial charge in [-0.15, -0.1) is 0 Å². The van der Waals surface area contributed by atoms with Crippen LogP contribution in [0.4, 0.5) is 4.39 Å². The molecule has 0 saturated carbocycles. The van der Waals surface area contributed by atoms with Gasteiger partial charge < -0.3 is 9.64 Å². The number of fused-ring (bicyclic) bond motifs is 1. The second-order valence-corrected chi connectivity index (χ2v) is 7.20. The number of nitrogens with zero attached hydrogens (tertiary/aromatic N) is 2. The molecular formula is C19H16Cl2FN3O2. The van der Waals surface area contributed by atoms with Crippen LogP contribution in [0.1, 0.15) is 17.4 Å². The Morgan fingerprint density at radius 2 is 2.11 bits per heavy atom. The third-order valence-corrected chi connectivity index (χ3v) is 5.29. The molecule has 5 nitrogen and oxygen atoms in total. The Balaban J connectivity index is 1.51. The first-order valence-electron chi connectivity index (χ1n) is 8.48. The number of benzene rings is 2. The summed E-state index contributed by atoms with van der Waals surface area (Å²) in [5.74, 6) is -0.615. The van der Waals surface area contributed by atoms with Crippen molar-refractivity contribution in [3.05, 3.63) is 63.5 Å². The number of nitrogens with one attached hydrogen (secondary N) is 1. The maximum atomic E-state index is 13.8. The number of H-pyrrole nitrogens is 1. The number of para-hydroxylation sites is 1. The summed E-state index contributed by atoms with van der Waals surface area (Å²) in [6.45, 7) is 1.11. The Bertz CT molecular complexity index is 1010. The van der Waals surface area contributed by atoms with Gasteiger partial charge in [0.25, 0.3) is 0 Å². The predicted octanol–water partition coefficient (Wildman–Crippen LogP) is 4.15. The van der Waals surface area contributed by atoms with Crippen molar-refractivity contribution in [3.8, 4) is 0 Å². The van der Waals surface area contributed by atoms with Gasteiger partial charge in [-0.2, -0.15) is 5.10 Å². The standard InChI is InChI=1S/C19H16Cl2FN3O2/c20-13-8-14(21)15(22)7-12(13)18-10-25(5-6-27-18)19(26)9-17-11-3-1-2-4-16(11)23-24-17/h1-4,7-8,18H,5-6,9-10H2,(H,23,24)/t18-/m1/s1. The number of carbonyl (C=O) groups excluding carboxylic acids is 1. The fraction of sp³-hybridized carbons (Fsp3) is 0.263.